The van der Waals surface area contributed by atoms with Gasteiger partial charge in [-0.15, -0.1) is 0 Å². The predicted molar refractivity (Wildman–Crippen MR) is 114 cm³/mol. The summed E-state index contributed by atoms with van der Waals surface area (Å²) in [4.78, 5) is 26.6. The highest BCUT2D eigenvalue weighted by atomic mass is 19.4. The van der Waals surface area contributed by atoms with Crippen LogP contribution in [-0.2, 0) is 20.9 Å². The van der Waals surface area contributed by atoms with Crippen molar-refractivity contribution in [3.05, 3.63) is 29.8 Å². The highest BCUT2D eigenvalue weighted by molar-refractivity contribution is 5.80. The maximum atomic E-state index is 13.1. The van der Waals surface area contributed by atoms with Gasteiger partial charge >= 0.3 is 12.1 Å². The van der Waals surface area contributed by atoms with Crippen molar-refractivity contribution in [3.8, 4) is 5.75 Å². The Bertz CT molecular complexity index is 796. The summed E-state index contributed by atoms with van der Waals surface area (Å²) < 4.78 is 43.1. The average Bonchev–Trinajstić information content (AvgIpc) is 3.28. The van der Waals surface area contributed by atoms with Crippen LogP contribution in [0.25, 0.3) is 0 Å². The zero-order chi connectivity index (χ0) is 24.0. The topological polar surface area (TPSA) is 79.3 Å². The number of fused-ring (bicyclic) bond motifs is 1. The van der Waals surface area contributed by atoms with Gasteiger partial charge in [-0.1, -0.05) is 25.0 Å². The molecule has 4 rings (SSSR count). The molecule has 1 aliphatic carbocycles. The highest BCUT2D eigenvalue weighted by Crippen LogP contribution is 2.31. The summed E-state index contributed by atoms with van der Waals surface area (Å²) in [6.07, 6.45) is 1.25. The van der Waals surface area contributed by atoms with Gasteiger partial charge in [0.15, 0.2) is 0 Å². The van der Waals surface area contributed by atoms with Gasteiger partial charge in [0.2, 0.25) is 5.91 Å². The summed E-state index contributed by atoms with van der Waals surface area (Å²) in [5.74, 6) is -1.62. The summed E-state index contributed by atoms with van der Waals surface area (Å²) >= 11 is 0. The zero-order valence-corrected chi connectivity index (χ0v) is 18.7. The van der Waals surface area contributed by atoms with E-state index in [0.29, 0.717) is 25.7 Å². The molecular formula is C23H31F3N2O5. The molecule has 0 bridgehead atoms. The minimum absolute atomic E-state index is 0.0217. The number of carboxylic acids is 1. The summed E-state index contributed by atoms with van der Waals surface area (Å²) in [6.45, 7) is 3.94. The zero-order valence-electron chi connectivity index (χ0n) is 18.7. The molecule has 1 aromatic carbocycles. The van der Waals surface area contributed by atoms with Crippen molar-refractivity contribution in [1.82, 2.24) is 9.80 Å². The number of halogens is 3. The number of piperidine rings is 1. The van der Waals surface area contributed by atoms with E-state index in [-0.39, 0.29) is 17.9 Å². The summed E-state index contributed by atoms with van der Waals surface area (Å²) in [7, 11) is 1.67. The minimum Gasteiger partial charge on any atom is -0.497 e. The van der Waals surface area contributed by atoms with E-state index in [4.69, 9.17) is 19.4 Å². The molecule has 3 aliphatic rings. The van der Waals surface area contributed by atoms with Crippen molar-refractivity contribution in [2.24, 2.45) is 5.92 Å². The van der Waals surface area contributed by atoms with E-state index in [9.17, 15) is 18.0 Å². The second-order valence-corrected chi connectivity index (χ2v) is 8.65. The lowest BCUT2D eigenvalue weighted by Crippen LogP contribution is -2.51. The molecule has 3 fully saturated rings. The van der Waals surface area contributed by atoms with E-state index in [0.717, 1.165) is 30.8 Å². The Kier molecular flexibility index (Phi) is 8.58. The van der Waals surface area contributed by atoms with Gasteiger partial charge in [0.05, 0.1) is 25.7 Å². The van der Waals surface area contributed by atoms with Crippen LogP contribution in [-0.4, -0.2) is 78.5 Å². The molecule has 7 nitrogen and oxygen atoms in total. The van der Waals surface area contributed by atoms with Crippen LogP contribution >= 0.6 is 0 Å². The number of benzene rings is 1. The Morgan fingerprint density at radius 2 is 1.79 bits per heavy atom. The lowest BCUT2D eigenvalue weighted by atomic mass is 9.91. The Morgan fingerprint density at radius 3 is 2.36 bits per heavy atom. The van der Waals surface area contributed by atoms with E-state index in [1.807, 2.05) is 29.2 Å². The molecule has 184 valence electrons. The minimum atomic E-state index is -5.08. The lowest BCUT2D eigenvalue weighted by molar-refractivity contribution is -0.192. The third-order valence-corrected chi connectivity index (χ3v) is 6.53. The van der Waals surface area contributed by atoms with E-state index < -0.39 is 12.1 Å². The van der Waals surface area contributed by atoms with Crippen molar-refractivity contribution in [1.29, 1.82) is 0 Å². The highest BCUT2D eigenvalue weighted by Gasteiger charge is 2.41. The Balaban J connectivity index is 0.000000383. The van der Waals surface area contributed by atoms with E-state index in [2.05, 4.69) is 4.90 Å². The molecule has 1 aromatic rings. The molecule has 2 atom stereocenters. The maximum absolute atomic E-state index is 13.1. The second kappa shape index (κ2) is 11.2. The normalized spacial score (nSPS) is 24.5. The third kappa shape index (κ3) is 6.83. The number of carboxylic acid groups (broad SMARTS) is 1. The monoisotopic (exact) mass is 472 g/mol. The number of ether oxygens (including phenoxy) is 2. The van der Waals surface area contributed by atoms with Crippen molar-refractivity contribution in [3.63, 3.8) is 0 Å². The second-order valence-electron chi connectivity index (χ2n) is 8.65. The van der Waals surface area contributed by atoms with E-state index in [1.165, 1.54) is 25.7 Å². The number of carbonyl (C=O) groups excluding carboxylic acids is 1. The van der Waals surface area contributed by atoms with E-state index >= 15 is 0 Å². The first-order valence-corrected chi connectivity index (χ1v) is 11.3. The van der Waals surface area contributed by atoms with Gasteiger partial charge in [0.25, 0.3) is 0 Å². The van der Waals surface area contributed by atoms with Crippen molar-refractivity contribution < 1.29 is 37.3 Å². The largest absolute Gasteiger partial charge is 0.497 e. The van der Waals surface area contributed by atoms with Crippen molar-refractivity contribution in [2.75, 3.05) is 33.4 Å². The van der Waals surface area contributed by atoms with Gasteiger partial charge in [-0.3, -0.25) is 9.69 Å². The fraction of sp³-hybridized carbons (Fsp3) is 0.652. The Labute approximate surface area is 191 Å². The first-order chi connectivity index (χ1) is 15.7. The van der Waals surface area contributed by atoms with Crippen LogP contribution in [0.1, 0.15) is 37.7 Å². The van der Waals surface area contributed by atoms with Gasteiger partial charge in [0.1, 0.15) is 5.75 Å². The van der Waals surface area contributed by atoms with Crippen LogP contribution in [0.5, 0.6) is 5.75 Å². The molecule has 2 heterocycles. The Hall–Kier alpha value is -2.33. The molecule has 33 heavy (non-hydrogen) atoms. The smallest absolute Gasteiger partial charge is 0.490 e. The number of nitrogens with zero attached hydrogens (tertiary/aromatic N) is 2. The average molecular weight is 473 g/mol. The Morgan fingerprint density at radius 1 is 1.15 bits per heavy atom. The molecule has 1 saturated carbocycles. The standard InChI is InChI=1S/C21H30N2O3.C2HF3O2/c1-25-18-8-6-16(7-9-18)14-23-12-13-26-20-15-22(17-4-2-3-5-17)11-10-19(20)21(23)24;3-2(4,5)1(6)7/h6-9,17,19-20H,2-5,10-15H2,1H3;(H,6,7)/t19-,20+;/m1./s1. The summed E-state index contributed by atoms with van der Waals surface area (Å²) in [5.41, 5.74) is 1.14. The molecule has 10 heteroatoms. The van der Waals surface area contributed by atoms with Crippen LogP contribution in [0.15, 0.2) is 24.3 Å². The molecule has 0 radical (unpaired) electrons. The number of hydrogen-bond donors (Lipinski definition) is 1. The van der Waals surface area contributed by atoms with Crippen LogP contribution in [0.2, 0.25) is 0 Å². The third-order valence-electron chi connectivity index (χ3n) is 6.53. The van der Waals surface area contributed by atoms with Gasteiger partial charge in [0, 0.05) is 25.7 Å². The first-order valence-electron chi connectivity index (χ1n) is 11.3. The van der Waals surface area contributed by atoms with Crippen LogP contribution in [0.4, 0.5) is 13.2 Å². The van der Waals surface area contributed by atoms with Gasteiger partial charge in [-0.05, 0) is 43.5 Å². The lowest BCUT2D eigenvalue weighted by Gasteiger charge is -2.40. The number of aliphatic carboxylic acids is 1. The van der Waals surface area contributed by atoms with Crippen molar-refractivity contribution >= 4 is 11.9 Å². The predicted octanol–water partition coefficient (Wildman–Crippen LogP) is 3.32. The fourth-order valence-corrected chi connectivity index (χ4v) is 4.76. The molecule has 0 spiro atoms. The SMILES string of the molecule is COc1ccc(CN2CCO[C@H]3CN(C4CCCC4)CC[C@H]3C2=O)cc1.O=C(O)C(F)(F)F. The number of rotatable bonds is 4. The summed E-state index contributed by atoms with van der Waals surface area (Å²) in [5, 5.41) is 7.12. The molecule has 2 aliphatic heterocycles. The van der Waals surface area contributed by atoms with Crippen LogP contribution in [0.3, 0.4) is 0 Å². The molecular weight excluding hydrogens is 441 g/mol. The quantitative estimate of drug-likeness (QED) is 0.725. The van der Waals surface area contributed by atoms with Crippen LogP contribution < -0.4 is 4.74 Å². The van der Waals surface area contributed by atoms with Gasteiger partial charge < -0.3 is 19.5 Å². The van der Waals surface area contributed by atoms with Crippen molar-refractivity contribution in [2.45, 2.75) is 57.0 Å². The molecule has 0 aromatic heterocycles. The van der Waals surface area contributed by atoms with E-state index in [1.54, 1.807) is 7.11 Å². The maximum Gasteiger partial charge on any atom is 0.490 e. The number of amides is 1. The number of methoxy groups -OCH3 is 1. The number of alkyl halides is 3. The number of likely N-dealkylation sites (tertiary alicyclic amines) is 1. The molecule has 1 N–H and O–H groups in total. The van der Waals surface area contributed by atoms with Gasteiger partial charge in [-0.25, -0.2) is 4.79 Å². The number of hydrogen-bond acceptors (Lipinski definition) is 5. The molecule has 0 unspecified atom stereocenters. The number of carbonyl (C=O) groups is 2. The molecule has 2 saturated heterocycles. The summed E-state index contributed by atoms with van der Waals surface area (Å²) in [6, 6.07) is 8.71. The van der Waals surface area contributed by atoms with Gasteiger partial charge in [-0.2, -0.15) is 13.2 Å². The fourth-order valence-electron chi connectivity index (χ4n) is 4.76. The first kappa shape index (κ1) is 25.3. The molecule has 1 amide bonds. The van der Waals surface area contributed by atoms with Crippen LogP contribution in [0, 0.1) is 5.92 Å².